The van der Waals surface area contributed by atoms with E-state index in [1.807, 2.05) is 28.7 Å². The third-order valence-corrected chi connectivity index (χ3v) is 5.92. The van der Waals surface area contributed by atoms with Crippen LogP contribution in [0.4, 0.5) is 4.39 Å². The minimum atomic E-state index is -0.154. The van der Waals surface area contributed by atoms with E-state index in [1.54, 1.807) is 6.07 Å². The molecule has 5 heteroatoms. The fourth-order valence-electron chi connectivity index (χ4n) is 3.98. The molecule has 2 nitrogen and oxygen atoms in total. The van der Waals surface area contributed by atoms with Gasteiger partial charge in [0.2, 0.25) is 0 Å². The van der Waals surface area contributed by atoms with Crippen molar-refractivity contribution in [1.82, 2.24) is 9.55 Å². The van der Waals surface area contributed by atoms with Crippen molar-refractivity contribution in [1.29, 1.82) is 0 Å². The van der Waals surface area contributed by atoms with Crippen molar-refractivity contribution in [2.24, 2.45) is 11.8 Å². The molecule has 1 aromatic carbocycles. The van der Waals surface area contributed by atoms with E-state index >= 15 is 0 Å². The summed E-state index contributed by atoms with van der Waals surface area (Å²) in [6, 6.07) is 3.96. The average Bonchev–Trinajstić information content (AvgIpc) is 3.03. The van der Waals surface area contributed by atoms with Gasteiger partial charge in [0, 0.05) is 12.1 Å². The number of aromatic amines is 1. The SMILES string of the molecule is Fc1cc2c(cc1I)[nH]c(=S)n2C1CC2CCC1C2. The molecule has 1 aromatic heterocycles. The van der Waals surface area contributed by atoms with Crippen molar-refractivity contribution in [2.45, 2.75) is 31.7 Å². The number of fused-ring (bicyclic) bond motifs is 3. The highest BCUT2D eigenvalue weighted by atomic mass is 127. The summed E-state index contributed by atoms with van der Waals surface area (Å²) >= 11 is 7.50. The zero-order chi connectivity index (χ0) is 13.1. The first-order valence-electron chi connectivity index (χ1n) is 6.73. The van der Waals surface area contributed by atoms with Crippen LogP contribution >= 0.6 is 34.8 Å². The zero-order valence-electron chi connectivity index (χ0n) is 10.3. The Balaban J connectivity index is 1.92. The first-order valence-corrected chi connectivity index (χ1v) is 8.21. The Morgan fingerprint density at radius 1 is 1.32 bits per heavy atom. The maximum atomic E-state index is 13.8. The molecule has 2 aliphatic rings. The second-order valence-corrected chi connectivity index (χ2v) is 7.37. The van der Waals surface area contributed by atoms with E-state index in [0.29, 0.717) is 9.61 Å². The van der Waals surface area contributed by atoms with Gasteiger partial charge in [-0.05, 0) is 72.0 Å². The predicted molar refractivity (Wildman–Crippen MR) is 84.3 cm³/mol. The van der Waals surface area contributed by atoms with Gasteiger partial charge < -0.3 is 9.55 Å². The van der Waals surface area contributed by atoms with Gasteiger partial charge in [0.25, 0.3) is 0 Å². The summed E-state index contributed by atoms with van der Waals surface area (Å²) < 4.78 is 17.4. The number of imidazole rings is 1. The molecule has 19 heavy (non-hydrogen) atoms. The molecule has 2 saturated carbocycles. The highest BCUT2D eigenvalue weighted by Crippen LogP contribution is 2.51. The lowest BCUT2D eigenvalue weighted by Crippen LogP contribution is -2.16. The molecule has 100 valence electrons. The molecule has 0 aliphatic heterocycles. The molecule has 0 radical (unpaired) electrons. The number of benzene rings is 1. The van der Waals surface area contributed by atoms with Gasteiger partial charge in [0.1, 0.15) is 5.82 Å². The van der Waals surface area contributed by atoms with E-state index in [9.17, 15) is 4.39 Å². The molecule has 0 spiro atoms. The average molecular weight is 388 g/mol. The van der Waals surface area contributed by atoms with Gasteiger partial charge in [-0.1, -0.05) is 6.42 Å². The third kappa shape index (κ3) is 1.81. The molecule has 1 heterocycles. The summed E-state index contributed by atoms with van der Waals surface area (Å²) in [4.78, 5) is 3.24. The maximum Gasteiger partial charge on any atom is 0.178 e. The van der Waals surface area contributed by atoms with Crippen molar-refractivity contribution in [3.8, 4) is 0 Å². The normalized spacial score (nSPS) is 29.5. The molecule has 2 aromatic rings. The Morgan fingerprint density at radius 3 is 2.84 bits per heavy atom. The van der Waals surface area contributed by atoms with E-state index in [2.05, 4.69) is 9.55 Å². The lowest BCUT2D eigenvalue weighted by atomic mass is 9.95. The van der Waals surface area contributed by atoms with Gasteiger partial charge >= 0.3 is 0 Å². The molecule has 2 fully saturated rings. The van der Waals surface area contributed by atoms with Crippen LogP contribution in [0.5, 0.6) is 0 Å². The summed E-state index contributed by atoms with van der Waals surface area (Å²) in [6.45, 7) is 0. The first kappa shape index (κ1) is 12.3. The highest BCUT2D eigenvalue weighted by molar-refractivity contribution is 14.1. The van der Waals surface area contributed by atoms with E-state index in [1.165, 1.54) is 25.7 Å². The fourth-order valence-corrected chi connectivity index (χ4v) is 4.79. The number of nitrogens with one attached hydrogen (secondary N) is 1. The topological polar surface area (TPSA) is 20.7 Å². The number of halogens is 2. The minimum Gasteiger partial charge on any atom is -0.331 e. The Bertz CT molecular complexity index is 720. The van der Waals surface area contributed by atoms with Crippen molar-refractivity contribution in [2.75, 3.05) is 0 Å². The van der Waals surface area contributed by atoms with Gasteiger partial charge in [-0.2, -0.15) is 0 Å². The Labute approximate surface area is 129 Å². The van der Waals surface area contributed by atoms with Crippen molar-refractivity contribution < 1.29 is 4.39 Å². The van der Waals surface area contributed by atoms with Crippen LogP contribution in [0.15, 0.2) is 12.1 Å². The second-order valence-electron chi connectivity index (χ2n) is 5.83. The molecule has 0 amide bonds. The minimum absolute atomic E-state index is 0.154. The van der Waals surface area contributed by atoms with Crippen LogP contribution in [0.3, 0.4) is 0 Å². The van der Waals surface area contributed by atoms with Crippen LogP contribution in [-0.4, -0.2) is 9.55 Å². The molecule has 0 saturated heterocycles. The third-order valence-electron chi connectivity index (χ3n) is 4.79. The highest BCUT2D eigenvalue weighted by Gasteiger charge is 2.41. The first-order chi connectivity index (χ1) is 9.13. The molecule has 2 aliphatic carbocycles. The Hall–Kier alpha value is -0.430. The molecular formula is C14H14FIN2S. The number of H-pyrrole nitrogens is 1. The molecule has 1 N–H and O–H groups in total. The zero-order valence-corrected chi connectivity index (χ0v) is 13.3. The van der Waals surface area contributed by atoms with Crippen molar-refractivity contribution in [3.63, 3.8) is 0 Å². The monoisotopic (exact) mass is 388 g/mol. The summed E-state index contributed by atoms with van der Waals surface area (Å²) in [7, 11) is 0. The fraction of sp³-hybridized carbons (Fsp3) is 0.500. The molecule has 4 rings (SSSR count). The summed E-state index contributed by atoms with van der Waals surface area (Å²) in [5.41, 5.74) is 1.89. The van der Waals surface area contributed by atoms with E-state index in [4.69, 9.17) is 12.2 Å². The largest absolute Gasteiger partial charge is 0.331 e. The van der Waals surface area contributed by atoms with Gasteiger partial charge in [-0.15, -0.1) is 0 Å². The summed E-state index contributed by atoms with van der Waals surface area (Å²) in [5, 5.41) is 0. The second kappa shape index (κ2) is 4.28. The van der Waals surface area contributed by atoms with Gasteiger partial charge in [0.05, 0.1) is 14.6 Å². The van der Waals surface area contributed by atoms with Gasteiger partial charge in [-0.3, -0.25) is 0 Å². The number of hydrogen-bond acceptors (Lipinski definition) is 1. The van der Waals surface area contributed by atoms with Gasteiger partial charge in [0.15, 0.2) is 4.77 Å². The number of aromatic nitrogens is 2. The quantitative estimate of drug-likeness (QED) is 0.550. The van der Waals surface area contributed by atoms with Crippen molar-refractivity contribution in [3.05, 3.63) is 26.3 Å². The van der Waals surface area contributed by atoms with E-state index < -0.39 is 0 Å². The van der Waals surface area contributed by atoms with E-state index in [0.717, 1.165) is 27.6 Å². The van der Waals surface area contributed by atoms with Crippen LogP contribution in [0.2, 0.25) is 0 Å². The van der Waals surface area contributed by atoms with Crippen LogP contribution in [0.1, 0.15) is 31.7 Å². The van der Waals surface area contributed by atoms with Crippen LogP contribution in [0, 0.1) is 26.0 Å². The lowest BCUT2D eigenvalue weighted by Gasteiger charge is -2.23. The van der Waals surface area contributed by atoms with Crippen LogP contribution in [-0.2, 0) is 0 Å². The predicted octanol–water partition coefficient (Wildman–Crippen LogP) is 4.80. The maximum absolute atomic E-state index is 13.8. The molecular weight excluding hydrogens is 374 g/mol. The van der Waals surface area contributed by atoms with E-state index in [-0.39, 0.29) is 5.82 Å². The Kier molecular flexibility index (Phi) is 2.78. The number of nitrogens with zero attached hydrogens (tertiary/aromatic N) is 1. The lowest BCUT2D eigenvalue weighted by molar-refractivity contribution is 0.333. The number of rotatable bonds is 1. The summed E-state index contributed by atoms with van der Waals surface area (Å²) in [5.74, 6) is 1.44. The van der Waals surface area contributed by atoms with Crippen LogP contribution in [0.25, 0.3) is 11.0 Å². The Morgan fingerprint density at radius 2 is 2.16 bits per heavy atom. The van der Waals surface area contributed by atoms with Crippen LogP contribution < -0.4 is 0 Å². The smallest absolute Gasteiger partial charge is 0.178 e. The van der Waals surface area contributed by atoms with Crippen molar-refractivity contribution >= 4 is 45.8 Å². The standard InChI is InChI=1S/C14H14FIN2S/c15-9-5-13-11(6-10(9)16)17-14(19)18(13)12-4-7-1-2-8(12)3-7/h5-8,12H,1-4H2,(H,17,19). The molecule has 2 bridgehead atoms. The molecule has 3 atom stereocenters. The molecule has 3 unspecified atom stereocenters. The summed E-state index contributed by atoms with van der Waals surface area (Å²) in [6.07, 6.45) is 5.20. The van der Waals surface area contributed by atoms with Gasteiger partial charge in [-0.25, -0.2) is 4.39 Å². The number of hydrogen-bond donors (Lipinski definition) is 1.